The van der Waals surface area contributed by atoms with Crippen molar-refractivity contribution in [3.8, 4) is 0 Å². The fraction of sp³-hybridized carbons (Fsp3) is 0.765. The molecule has 2 N–H and O–H groups in total. The van der Waals surface area contributed by atoms with E-state index in [1.54, 1.807) is 0 Å². The minimum Gasteiger partial charge on any atom is -0.481 e. The van der Waals surface area contributed by atoms with Crippen molar-refractivity contribution in [1.29, 1.82) is 0 Å². The van der Waals surface area contributed by atoms with E-state index in [-0.39, 0.29) is 11.8 Å². The van der Waals surface area contributed by atoms with Crippen LogP contribution in [0.4, 0.5) is 0 Å². The third-order valence-corrected chi connectivity index (χ3v) is 5.41. The molecule has 0 spiro atoms. The third-order valence-electron chi connectivity index (χ3n) is 5.41. The Kier molecular flexibility index (Phi) is 4.87. The van der Waals surface area contributed by atoms with E-state index >= 15 is 0 Å². The molecule has 0 bridgehead atoms. The molecule has 2 unspecified atom stereocenters. The van der Waals surface area contributed by atoms with Crippen LogP contribution in [0.15, 0.2) is 4.52 Å². The maximum absolute atomic E-state index is 12.8. The second kappa shape index (κ2) is 6.91. The molecule has 2 fully saturated rings. The van der Waals surface area contributed by atoms with Crippen LogP contribution in [0.25, 0.3) is 0 Å². The molecule has 3 rings (SSSR count). The molecule has 1 amide bonds. The lowest BCUT2D eigenvalue weighted by atomic mass is 9.80. The average Bonchev–Trinajstić information content (AvgIpc) is 3.24. The van der Waals surface area contributed by atoms with Gasteiger partial charge in [-0.25, -0.2) is 0 Å². The summed E-state index contributed by atoms with van der Waals surface area (Å²) in [6.45, 7) is 1.95. The van der Waals surface area contributed by atoms with Crippen LogP contribution < -0.4 is 5.32 Å². The second-order valence-electron chi connectivity index (χ2n) is 7.04. The van der Waals surface area contributed by atoms with Crippen LogP contribution in [0.1, 0.15) is 70.0 Å². The van der Waals surface area contributed by atoms with Crippen LogP contribution in [-0.2, 0) is 21.5 Å². The fourth-order valence-electron chi connectivity index (χ4n) is 3.97. The first kappa shape index (κ1) is 16.9. The molecular formula is C17H25N3O4. The molecule has 2 aliphatic carbocycles. The number of carbonyl (C=O) groups is 2. The lowest BCUT2D eigenvalue weighted by Gasteiger charge is -2.31. The standard InChI is InChI=1S/C17H25N3O4/c1-2-13-18-16(20-24-13)17(8-3-4-9-17)19-14(21)11-6-5-7-12(10-11)15(22)23/h11-12H,2-10H2,1H3,(H,19,21)(H,22,23). The molecule has 0 radical (unpaired) electrons. The summed E-state index contributed by atoms with van der Waals surface area (Å²) < 4.78 is 5.24. The average molecular weight is 335 g/mol. The largest absolute Gasteiger partial charge is 0.481 e. The summed E-state index contributed by atoms with van der Waals surface area (Å²) in [6, 6.07) is 0. The topological polar surface area (TPSA) is 105 Å². The van der Waals surface area contributed by atoms with E-state index < -0.39 is 17.4 Å². The first-order valence-corrected chi connectivity index (χ1v) is 8.92. The van der Waals surface area contributed by atoms with Gasteiger partial charge in [0, 0.05) is 12.3 Å². The summed E-state index contributed by atoms with van der Waals surface area (Å²) in [5, 5.41) is 16.5. The summed E-state index contributed by atoms with van der Waals surface area (Å²) >= 11 is 0. The van der Waals surface area contributed by atoms with Crippen molar-refractivity contribution in [2.45, 2.75) is 70.3 Å². The highest BCUT2D eigenvalue weighted by molar-refractivity contribution is 5.81. The number of hydrogen-bond acceptors (Lipinski definition) is 5. The van der Waals surface area contributed by atoms with Gasteiger partial charge in [-0.1, -0.05) is 31.3 Å². The number of hydrogen-bond donors (Lipinski definition) is 2. The molecule has 7 nitrogen and oxygen atoms in total. The Labute approximate surface area is 141 Å². The minimum absolute atomic E-state index is 0.0642. The van der Waals surface area contributed by atoms with Gasteiger partial charge >= 0.3 is 5.97 Å². The Bertz CT molecular complexity index is 607. The Balaban J connectivity index is 1.73. The van der Waals surface area contributed by atoms with E-state index in [0.29, 0.717) is 31.0 Å². The number of aryl methyl sites for hydroxylation is 1. The number of carboxylic acid groups (broad SMARTS) is 1. The summed E-state index contributed by atoms with van der Waals surface area (Å²) in [7, 11) is 0. The molecule has 7 heteroatoms. The van der Waals surface area contributed by atoms with Gasteiger partial charge in [0.05, 0.1) is 5.92 Å². The molecular weight excluding hydrogens is 310 g/mol. The van der Waals surface area contributed by atoms with Crippen LogP contribution in [-0.4, -0.2) is 27.1 Å². The molecule has 132 valence electrons. The van der Waals surface area contributed by atoms with E-state index in [1.807, 2.05) is 6.92 Å². The molecule has 2 saturated carbocycles. The van der Waals surface area contributed by atoms with E-state index in [2.05, 4.69) is 15.5 Å². The van der Waals surface area contributed by atoms with Crippen LogP contribution in [0.5, 0.6) is 0 Å². The van der Waals surface area contributed by atoms with Crippen molar-refractivity contribution in [3.05, 3.63) is 11.7 Å². The Morgan fingerprint density at radius 3 is 2.58 bits per heavy atom. The van der Waals surface area contributed by atoms with Crippen LogP contribution in [0.2, 0.25) is 0 Å². The maximum Gasteiger partial charge on any atom is 0.306 e. The van der Waals surface area contributed by atoms with Crippen molar-refractivity contribution in [2.75, 3.05) is 0 Å². The molecule has 1 heterocycles. The number of amides is 1. The molecule has 0 aromatic carbocycles. The van der Waals surface area contributed by atoms with Crippen LogP contribution >= 0.6 is 0 Å². The number of nitrogens with zero attached hydrogens (tertiary/aromatic N) is 2. The summed E-state index contributed by atoms with van der Waals surface area (Å²) in [6.07, 6.45) is 6.91. The second-order valence-corrected chi connectivity index (χ2v) is 7.04. The summed E-state index contributed by atoms with van der Waals surface area (Å²) in [5.41, 5.74) is -0.551. The first-order chi connectivity index (χ1) is 11.5. The van der Waals surface area contributed by atoms with Gasteiger partial charge in [-0.05, 0) is 32.1 Å². The van der Waals surface area contributed by atoms with Crippen molar-refractivity contribution in [3.63, 3.8) is 0 Å². The monoisotopic (exact) mass is 335 g/mol. The third kappa shape index (κ3) is 3.30. The molecule has 24 heavy (non-hydrogen) atoms. The van der Waals surface area contributed by atoms with Gasteiger partial charge in [-0.15, -0.1) is 0 Å². The Morgan fingerprint density at radius 2 is 1.96 bits per heavy atom. The number of nitrogens with one attached hydrogen (secondary N) is 1. The van der Waals surface area contributed by atoms with E-state index in [0.717, 1.165) is 38.5 Å². The molecule has 1 aromatic heterocycles. The van der Waals surface area contributed by atoms with Gasteiger partial charge in [0.25, 0.3) is 0 Å². The van der Waals surface area contributed by atoms with E-state index in [4.69, 9.17) is 4.52 Å². The van der Waals surface area contributed by atoms with Crippen molar-refractivity contribution >= 4 is 11.9 Å². The molecule has 0 saturated heterocycles. The molecule has 2 atom stereocenters. The maximum atomic E-state index is 12.8. The zero-order chi connectivity index (χ0) is 17.2. The van der Waals surface area contributed by atoms with E-state index in [9.17, 15) is 14.7 Å². The van der Waals surface area contributed by atoms with Gasteiger partial charge in [-0.3, -0.25) is 9.59 Å². The highest BCUT2D eigenvalue weighted by Gasteiger charge is 2.43. The van der Waals surface area contributed by atoms with Crippen molar-refractivity contribution in [2.24, 2.45) is 11.8 Å². The molecule has 1 aromatic rings. The zero-order valence-corrected chi connectivity index (χ0v) is 14.1. The van der Waals surface area contributed by atoms with E-state index in [1.165, 1.54) is 0 Å². The number of aliphatic carboxylic acids is 1. The van der Waals surface area contributed by atoms with Crippen molar-refractivity contribution < 1.29 is 19.2 Å². The smallest absolute Gasteiger partial charge is 0.306 e. The highest BCUT2D eigenvalue weighted by Crippen LogP contribution is 2.38. The number of carbonyl (C=O) groups excluding carboxylic acids is 1. The Morgan fingerprint density at radius 1 is 1.25 bits per heavy atom. The quantitative estimate of drug-likeness (QED) is 0.856. The van der Waals surface area contributed by atoms with Gasteiger partial charge in [0.2, 0.25) is 11.8 Å². The predicted molar refractivity (Wildman–Crippen MR) is 85.0 cm³/mol. The molecule has 0 aliphatic heterocycles. The van der Waals surface area contributed by atoms with Crippen LogP contribution in [0, 0.1) is 11.8 Å². The van der Waals surface area contributed by atoms with Gasteiger partial charge < -0.3 is 14.9 Å². The zero-order valence-electron chi connectivity index (χ0n) is 14.1. The highest BCUT2D eigenvalue weighted by atomic mass is 16.5. The summed E-state index contributed by atoms with van der Waals surface area (Å²) in [5.74, 6) is -0.370. The lowest BCUT2D eigenvalue weighted by molar-refractivity contribution is -0.144. The first-order valence-electron chi connectivity index (χ1n) is 8.92. The normalized spacial score (nSPS) is 26.2. The number of rotatable bonds is 5. The van der Waals surface area contributed by atoms with Crippen molar-refractivity contribution in [1.82, 2.24) is 15.5 Å². The number of aromatic nitrogens is 2. The number of carboxylic acids is 1. The Hall–Kier alpha value is -1.92. The minimum atomic E-state index is -0.797. The van der Waals surface area contributed by atoms with Gasteiger partial charge in [0.1, 0.15) is 5.54 Å². The van der Waals surface area contributed by atoms with Gasteiger partial charge in [0.15, 0.2) is 5.82 Å². The summed E-state index contributed by atoms with van der Waals surface area (Å²) in [4.78, 5) is 28.4. The predicted octanol–water partition coefficient (Wildman–Crippen LogP) is 2.41. The van der Waals surface area contributed by atoms with Gasteiger partial charge in [-0.2, -0.15) is 4.98 Å². The lowest BCUT2D eigenvalue weighted by Crippen LogP contribution is -2.48. The fourth-order valence-corrected chi connectivity index (χ4v) is 3.97. The SMILES string of the molecule is CCc1nc(C2(NC(=O)C3CCCC(C(=O)O)C3)CCCC2)no1. The van der Waals surface area contributed by atoms with Crippen LogP contribution in [0.3, 0.4) is 0 Å². The molecule has 2 aliphatic rings.